The highest BCUT2D eigenvalue weighted by Gasteiger charge is 2.66. The second-order valence-electron chi connectivity index (χ2n) is 14.3. The molecule has 5 rings (SSSR count). The Kier molecular flexibility index (Phi) is 5.24. The van der Waals surface area contributed by atoms with E-state index in [4.69, 9.17) is 13.9 Å². The third-order valence-electron chi connectivity index (χ3n) is 11.0. The fourth-order valence-electron chi connectivity index (χ4n) is 8.05. The van der Waals surface area contributed by atoms with Gasteiger partial charge in [0.2, 0.25) is 5.79 Å². The molecule has 0 aromatic heterocycles. The second kappa shape index (κ2) is 7.19. The van der Waals surface area contributed by atoms with E-state index >= 15 is 0 Å². The van der Waals surface area contributed by atoms with Crippen molar-refractivity contribution in [3.63, 3.8) is 0 Å². The van der Waals surface area contributed by atoms with Crippen molar-refractivity contribution in [1.82, 2.24) is 0 Å². The Morgan fingerprint density at radius 3 is 2.36 bits per heavy atom. The highest BCUT2D eigenvalue weighted by molar-refractivity contribution is 6.74. The summed E-state index contributed by atoms with van der Waals surface area (Å²) in [5.74, 6) is 2.37. The first kappa shape index (κ1) is 24.1. The van der Waals surface area contributed by atoms with Gasteiger partial charge in [-0.05, 0) is 84.4 Å². The molecule has 4 nitrogen and oxygen atoms in total. The van der Waals surface area contributed by atoms with Crippen LogP contribution in [0.15, 0.2) is 11.3 Å². The molecule has 0 N–H and O–H groups in total. The predicted octanol–water partition coefficient (Wildman–Crippen LogP) is 7.00. The first-order valence-corrected chi connectivity index (χ1v) is 16.3. The molecular formula is C28H46O4Si. The number of rotatable bonds is 2. The molecule has 5 aliphatic rings. The van der Waals surface area contributed by atoms with Gasteiger partial charge in [0.15, 0.2) is 8.32 Å². The standard InChI is InChI=1S/C28H46O4Si/c1-25(2,3)33(8,9)32-21-11-10-18-22-19(13-15-28(18,21)7)27(6)14-12-17(29)16-20(27)23-24(22)31-26(4,5)30-23/h18-19,21-22,24H,10-16H2,1-9H3/t18?,19?,21?,22?,24?,27-,28+/m1/s1. The topological polar surface area (TPSA) is 44.8 Å². The molecule has 0 aromatic carbocycles. The van der Waals surface area contributed by atoms with Crippen LogP contribution in [0.25, 0.3) is 0 Å². The highest BCUT2D eigenvalue weighted by atomic mass is 28.4. The average Bonchev–Trinajstić information content (AvgIpc) is 3.18. The van der Waals surface area contributed by atoms with Gasteiger partial charge in [-0.25, -0.2) is 0 Å². The molecule has 0 radical (unpaired) electrons. The summed E-state index contributed by atoms with van der Waals surface area (Å²) in [5.41, 5.74) is 1.52. The van der Waals surface area contributed by atoms with E-state index < -0.39 is 14.1 Å². The minimum atomic E-state index is -1.84. The van der Waals surface area contributed by atoms with Gasteiger partial charge in [0, 0.05) is 26.7 Å². The van der Waals surface area contributed by atoms with Crippen molar-refractivity contribution in [3.8, 4) is 0 Å². The second-order valence-corrected chi connectivity index (χ2v) is 19.1. The van der Waals surface area contributed by atoms with Gasteiger partial charge in [-0.2, -0.15) is 0 Å². The first-order valence-electron chi connectivity index (χ1n) is 13.4. The third-order valence-corrected chi connectivity index (χ3v) is 15.5. The number of ketones is 1. The largest absolute Gasteiger partial charge is 0.465 e. The number of carbonyl (C=O) groups excluding carboxylic acids is 1. The molecule has 1 heterocycles. The van der Waals surface area contributed by atoms with Crippen LogP contribution in [0.3, 0.4) is 0 Å². The van der Waals surface area contributed by atoms with Crippen LogP contribution in [-0.4, -0.2) is 32.1 Å². The first-order chi connectivity index (χ1) is 15.1. The predicted molar refractivity (Wildman–Crippen MR) is 133 cm³/mol. The minimum absolute atomic E-state index is 0.00442. The number of carbonyl (C=O) groups is 1. The minimum Gasteiger partial charge on any atom is -0.465 e. The Morgan fingerprint density at radius 2 is 1.70 bits per heavy atom. The molecule has 4 fully saturated rings. The van der Waals surface area contributed by atoms with Crippen LogP contribution >= 0.6 is 0 Å². The maximum Gasteiger partial charge on any atom is 0.205 e. The van der Waals surface area contributed by atoms with Crippen molar-refractivity contribution in [3.05, 3.63) is 11.3 Å². The molecule has 0 amide bonds. The van der Waals surface area contributed by atoms with Gasteiger partial charge in [0.05, 0.1) is 6.10 Å². The van der Waals surface area contributed by atoms with E-state index in [0.717, 1.165) is 18.6 Å². The number of ether oxygens (including phenoxy) is 2. The van der Waals surface area contributed by atoms with Crippen molar-refractivity contribution in [2.24, 2.45) is 28.6 Å². The Labute approximate surface area is 202 Å². The van der Waals surface area contributed by atoms with E-state index in [1.807, 2.05) is 13.8 Å². The number of hydrogen-bond acceptors (Lipinski definition) is 4. The van der Waals surface area contributed by atoms with E-state index in [0.29, 0.717) is 42.5 Å². The van der Waals surface area contributed by atoms with Crippen LogP contribution in [0, 0.1) is 28.6 Å². The molecule has 5 unspecified atom stereocenters. The van der Waals surface area contributed by atoms with Gasteiger partial charge in [-0.3, -0.25) is 4.79 Å². The van der Waals surface area contributed by atoms with Gasteiger partial charge in [0.25, 0.3) is 0 Å². The third kappa shape index (κ3) is 3.46. The SMILES string of the molecule is CC1(C)OC2=C3CC(=O)CC[C@]3(C)C3CC[C@]4(C)C(O[Si](C)(C)C(C)(C)C)CCC4C3C2O1. The maximum absolute atomic E-state index is 12.5. The molecule has 4 aliphatic carbocycles. The number of allylic oxidation sites excluding steroid dienone is 1. The van der Waals surface area contributed by atoms with Crippen molar-refractivity contribution in [1.29, 1.82) is 0 Å². The van der Waals surface area contributed by atoms with Gasteiger partial charge in [-0.1, -0.05) is 34.6 Å². The summed E-state index contributed by atoms with van der Waals surface area (Å²) in [5, 5.41) is 0.225. The molecule has 33 heavy (non-hydrogen) atoms. The van der Waals surface area contributed by atoms with E-state index in [9.17, 15) is 4.79 Å². The monoisotopic (exact) mass is 474 g/mol. The van der Waals surface area contributed by atoms with Crippen LogP contribution < -0.4 is 0 Å². The average molecular weight is 475 g/mol. The Balaban J connectivity index is 1.53. The fraction of sp³-hybridized carbons (Fsp3) is 0.893. The molecule has 5 heteroatoms. The van der Waals surface area contributed by atoms with Crippen molar-refractivity contribution >= 4 is 14.1 Å². The Bertz CT molecular complexity index is 883. The summed E-state index contributed by atoms with van der Waals surface area (Å²) in [6.45, 7) is 20.9. The molecule has 0 bridgehead atoms. The molecular weight excluding hydrogens is 428 g/mol. The van der Waals surface area contributed by atoms with Crippen molar-refractivity contribution < 1.29 is 18.7 Å². The Morgan fingerprint density at radius 1 is 1.00 bits per heavy atom. The summed E-state index contributed by atoms with van der Waals surface area (Å²) in [4.78, 5) is 12.5. The van der Waals surface area contributed by atoms with Gasteiger partial charge in [-0.15, -0.1) is 0 Å². The number of fused-ring (bicyclic) bond motifs is 7. The van der Waals surface area contributed by atoms with E-state index in [1.54, 1.807) is 0 Å². The lowest BCUT2D eigenvalue weighted by Crippen LogP contribution is -2.57. The normalized spacial score (nSPS) is 44.6. The zero-order valence-electron chi connectivity index (χ0n) is 22.5. The van der Waals surface area contributed by atoms with Crippen molar-refractivity contribution in [2.45, 2.75) is 130 Å². The molecule has 7 atom stereocenters. The summed E-state index contributed by atoms with van der Waals surface area (Å²) in [6.07, 6.45) is 7.39. The van der Waals surface area contributed by atoms with Crippen LogP contribution in [-0.2, 0) is 18.7 Å². The van der Waals surface area contributed by atoms with Crippen LogP contribution in [0.4, 0.5) is 0 Å². The van der Waals surface area contributed by atoms with Crippen LogP contribution in [0.5, 0.6) is 0 Å². The number of Topliss-reactive ketones (excluding diaryl/α,β-unsaturated/α-hetero) is 1. The molecule has 186 valence electrons. The zero-order chi connectivity index (χ0) is 24.2. The number of hydrogen-bond donors (Lipinski definition) is 0. The van der Waals surface area contributed by atoms with Crippen LogP contribution in [0.2, 0.25) is 18.1 Å². The van der Waals surface area contributed by atoms with Gasteiger partial charge < -0.3 is 13.9 Å². The Hall–Kier alpha value is -0.653. The lowest BCUT2D eigenvalue weighted by Gasteiger charge is -2.59. The van der Waals surface area contributed by atoms with Gasteiger partial charge in [0.1, 0.15) is 17.6 Å². The van der Waals surface area contributed by atoms with Crippen LogP contribution in [0.1, 0.15) is 93.4 Å². The highest BCUT2D eigenvalue weighted by Crippen LogP contribution is 2.68. The molecule has 0 aromatic rings. The smallest absolute Gasteiger partial charge is 0.205 e. The summed E-state index contributed by atoms with van der Waals surface area (Å²) < 4.78 is 20.3. The quantitative estimate of drug-likeness (QED) is 0.404. The van der Waals surface area contributed by atoms with E-state index in [1.165, 1.54) is 24.8 Å². The summed E-state index contributed by atoms with van der Waals surface area (Å²) in [6, 6.07) is 0. The molecule has 1 aliphatic heterocycles. The lowest BCUT2D eigenvalue weighted by atomic mass is 9.47. The molecule has 1 saturated heterocycles. The van der Waals surface area contributed by atoms with Crippen molar-refractivity contribution in [2.75, 3.05) is 0 Å². The lowest BCUT2D eigenvalue weighted by molar-refractivity contribution is -0.165. The zero-order valence-corrected chi connectivity index (χ0v) is 23.5. The molecule has 3 saturated carbocycles. The summed E-state index contributed by atoms with van der Waals surface area (Å²) in [7, 11) is -1.84. The van der Waals surface area contributed by atoms with Gasteiger partial charge >= 0.3 is 0 Å². The fourth-order valence-corrected chi connectivity index (χ4v) is 9.50. The summed E-state index contributed by atoms with van der Waals surface area (Å²) >= 11 is 0. The van der Waals surface area contributed by atoms with E-state index in [-0.39, 0.29) is 22.0 Å². The van der Waals surface area contributed by atoms with E-state index in [2.05, 4.69) is 47.7 Å². The maximum atomic E-state index is 12.5. The molecule has 0 spiro atoms.